The van der Waals surface area contributed by atoms with Crippen molar-refractivity contribution in [2.24, 2.45) is 0 Å². The zero-order valence-electron chi connectivity index (χ0n) is 12.7. The first-order chi connectivity index (χ1) is 11.2. The molecule has 1 aliphatic carbocycles. The molecule has 0 atom stereocenters. The molecule has 0 saturated heterocycles. The van der Waals surface area contributed by atoms with Crippen LogP contribution in [0, 0.1) is 0 Å². The Hall–Kier alpha value is -2.19. The van der Waals surface area contributed by atoms with Gasteiger partial charge in [-0.2, -0.15) is 0 Å². The monoisotopic (exact) mass is 321 g/mol. The number of hydrogen-bond acceptors (Lipinski definition) is 2. The molecule has 1 heterocycles. The number of carbonyl (C=O) groups excluding carboxylic acids is 1. The maximum absolute atomic E-state index is 12.7. The van der Waals surface area contributed by atoms with E-state index >= 15 is 0 Å². The summed E-state index contributed by atoms with van der Waals surface area (Å²) in [5, 5.41) is 1.67. The molecule has 0 amide bonds. The number of nitrogens with zero attached hydrogens (tertiary/aromatic N) is 1. The van der Waals surface area contributed by atoms with Crippen molar-refractivity contribution in [3.63, 3.8) is 0 Å². The molecule has 0 N–H and O–H groups in total. The number of benzene rings is 2. The Balaban J connectivity index is 2.13. The van der Waals surface area contributed by atoms with Crippen LogP contribution in [0.25, 0.3) is 22.0 Å². The Morgan fingerprint density at radius 3 is 2.52 bits per heavy atom. The summed E-state index contributed by atoms with van der Waals surface area (Å²) in [5.74, 6) is 0.209. The summed E-state index contributed by atoms with van der Waals surface area (Å²) < 4.78 is 0. The highest BCUT2D eigenvalue weighted by atomic mass is 35.5. The van der Waals surface area contributed by atoms with E-state index in [-0.39, 0.29) is 5.78 Å². The Labute approximate surface area is 140 Å². The van der Waals surface area contributed by atoms with E-state index in [1.54, 1.807) is 0 Å². The molecule has 23 heavy (non-hydrogen) atoms. The van der Waals surface area contributed by atoms with Gasteiger partial charge >= 0.3 is 0 Å². The van der Waals surface area contributed by atoms with Crippen molar-refractivity contribution in [1.82, 2.24) is 4.98 Å². The zero-order chi connectivity index (χ0) is 15.8. The molecule has 0 spiro atoms. The normalized spacial score (nSPS) is 14.6. The van der Waals surface area contributed by atoms with Crippen molar-refractivity contribution in [1.29, 1.82) is 0 Å². The molecule has 0 unspecified atom stereocenters. The van der Waals surface area contributed by atoms with Crippen LogP contribution in [0.1, 0.15) is 35.3 Å². The van der Waals surface area contributed by atoms with E-state index in [4.69, 9.17) is 16.6 Å². The summed E-state index contributed by atoms with van der Waals surface area (Å²) in [5.41, 5.74) is 4.66. The third-order valence-corrected chi connectivity index (χ3v) is 4.67. The minimum absolute atomic E-state index is 0.209. The highest BCUT2D eigenvalue weighted by Gasteiger charge is 2.23. The fourth-order valence-electron chi connectivity index (χ4n) is 3.38. The second-order valence-corrected chi connectivity index (χ2v) is 6.40. The molecule has 0 saturated carbocycles. The number of ketones is 1. The zero-order valence-corrected chi connectivity index (χ0v) is 13.4. The van der Waals surface area contributed by atoms with E-state index in [0.29, 0.717) is 11.4 Å². The van der Waals surface area contributed by atoms with E-state index in [1.165, 1.54) is 0 Å². The van der Waals surface area contributed by atoms with Gasteiger partial charge in [0.2, 0.25) is 0 Å². The summed E-state index contributed by atoms with van der Waals surface area (Å²) in [6, 6.07) is 15.8. The van der Waals surface area contributed by atoms with E-state index in [2.05, 4.69) is 12.1 Å². The third kappa shape index (κ3) is 2.53. The van der Waals surface area contributed by atoms with Gasteiger partial charge in [0.15, 0.2) is 5.78 Å². The van der Waals surface area contributed by atoms with Gasteiger partial charge in [-0.25, -0.2) is 0 Å². The first-order valence-electron chi connectivity index (χ1n) is 7.95. The first kappa shape index (κ1) is 14.4. The summed E-state index contributed by atoms with van der Waals surface area (Å²) in [4.78, 5) is 17.5. The number of rotatable bonds is 1. The molecule has 0 radical (unpaired) electrons. The molecule has 1 aromatic heterocycles. The number of carbonyl (C=O) groups is 1. The van der Waals surface area contributed by atoms with Gasteiger partial charge in [0.1, 0.15) is 0 Å². The fraction of sp³-hybridized carbons (Fsp3) is 0.200. The van der Waals surface area contributed by atoms with Crippen molar-refractivity contribution in [2.75, 3.05) is 0 Å². The van der Waals surface area contributed by atoms with Crippen LogP contribution >= 0.6 is 11.6 Å². The van der Waals surface area contributed by atoms with Gasteiger partial charge in [0.05, 0.1) is 11.2 Å². The van der Waals surface area contributed by atoms with Crippen molar-refractivity contribution in [2.45, 2.75) is 25.7 Å². The van der Waals surface area contributed by atoms with Crippen molar-refractivity contribution >= 4 is 28.3 Å². The summed E-state index contributed by atoms with van der Waals surface area (Å²) in [6.45, 7) is 0. The molecular weight excluding hydrogens is 306 g/mol. The molecule has 114 valence electrons. The second-order valence-electron chi connectivity index (χ2n) is 5.97. The lowest BCUT2D eigenvalue weighted by Crippen LogP contribution is -2.06. The average molecular weight is 322 g/mol. The lowest BCUT2D eigenvalue weighted by Gasteiger charge is -2.15. The smallest absolute Gasteiger partial charge is 0.165 e. The summed E-state index contributed by atoms with van der Waals surface area (Å²) >= 11 is 6.15. The molecule has 2 nitrogen and oxygen atoms in total. The van der Waals surface area contributed by atoms with Gasteiger partial charge in [0.25, 0.3) is 0 Å². The molecule has 1 aliphatic rings. The van der Waals surface area contributed by atoms with E-state index < -0.39 is 0 Å². The maximum Gasteiger partial charge on any atom is 0.165 e. The highest BCUT2D eigenvalue weighted by molar-refractivity contribution is 6.31. The number of hydrogen-bond donors (Lipinski definition) is 0. The largest absolute Gasteiger partial charge is 0.294 e. The molecule has 3 heteroatoms. The SMILES string of the molecule is O=C1CCCCc2nc3cc(Cl)ccc3c(-c3ccccc3)c21. The van der Waals surface area contributed by atoms with Gasteiger partial charge < -0.3 is 0 Å². The predicted octanol–water partition coefficient (Wildman–Crippen LogP) is 5.46. The number of Topliss-reactive ketones (excluding diaryl/α,β-unsaturated/α-hetero) is 1. The van der Waals surface area contributed by atoms with Crippen LogP contribution in [0.5, 0.6) is 0 Å². The molecule has 0 bridgehead atoms. The van der Waals surface area contributed by atoms with Crippen molar-refractivity contribution in [3.05, 3.63) is 64.8 Å². The van der Waals surface area contributed by atoms with Gasteiger partial charge in [-0.15, -0.1) is 0 Å². The van der Waals surface area contributed by atoms with E-state index in [1.807, 2.05) is 36.4 Å². The molecule has 2 aromatic carbocycles. The molecule has 0 fully saturated rings. The Morgan fingerprint density at radius 2 is 1.70 bits per heavy atom. The fourth-order valence-corrected chi connectivity index (χ4v) is 3.54. The first-order valence-corrected chi connectivity index (χ1v) is 8.32. The Morgan fingerprint density at radius 1 is 0.913 bits per heavy atom. The topological polar surface area (TPSA) is 30.0 Å². The number of aromatic nitrogens is 1. The third-order valence-electron chi connectivity index (χ3n) is 4.43. The number of pyridine rings is 1. The van der Waals surface area contributed by atoms with E-state index in [9.17, 15) is 4.79 Å². The van der Waals surface area contributed by atoms with Crippen LogP contribution in [0.15, 0.2) is 48.5 Å². The highest BCUT2D eigenvalue weighted by Crippen LogP contribution is 2.36. The van der Waals surface area contributed by atoms with Crippen LogP contribution in [0.4, 0.5) is 0 Å². The van der Waals surface area contributed by atoms with Crippen LogP contribution in [-0.2, 0) is 6.42 Å². The van der Waals surface area contributed by atoms with Crippen LogP contribution in [0.3, 0.4) is 0 Å². The number of aryl methyl sites for hydroxylation is 1. The minimum Gasteiger partial charge on any atom is -0.294 e. The minimum atomic E-state index is 0.209. The van der Waals surface area contributed by atoms with Crippen LogP contribution in [-0.4, -0.2) is 10.8 Å². The van der Waals surface area contributed by atoms with Crippen LogP contribution < -0.4 is 0 Å². The second kappa shape index (κ2) is 5.78. The Kier molecular flexibility index (Phi) is 3.62. The van der Waals surface area contributed by atoms with Crippen molar-refractivity contribution < 1.29 is 4.79 Å². The molecule has 4 rings (SSSR count). The Bertz CT molecular complexity index is 902. The predicted molar refractivity (Wildman–Crippen MR) is 94.1 cm³/mol. The lowest BCUT2D eigenvalue weighted by atomic mass is 9.91. The number of halogens is 1. The maximum atomic E-state index is 12.7. The number of fused-ring (bicyclic) bond motifs is 2. The van der Waals surface area contributed by atoms with Gasteiger partial charge in [-0.1, -0.05) is 48.0 Å². The van der Waals surface area contributed by atoms with Crippen molar-refractivity contribution in [3.8, 4) is 11.1 Å². The summed E-state index contributed by atoms with van der Waals surface area (Å²) in [7, 11) is 0. The summed E-state index contributed by atoms with van der Waals surface area (Å²) in [6.07, 6.45) is 3.39. The molecule has 3 aromatic rings. The molecule has 0 aliphatic heterocycles. The van der Waals surface area contributed by atoms with E-state index in [0.717, 1.165) is 52.5 Å². The van der Waals surface area contributed by atoms with Gasteiger partial charge in [-0.3, -0.25) is 9.78 Å². The van der Waals surface area contributed by atoms with Gasteiger partial charge in [0, 0.05) is 28.0 Å². The van der Waals surface area contributed by atoms with Crippen LogP contribution in [0.2, 0.25) is 5.02 Å². The standard InChI is InChI=1S/C20H16ClNO/c21-14-10-11-15-17(12-14)22-16-8-4-5-9-18(23)20(16)19(15)13-6-2-1-3-7-13/h1-3,6-7,10-12H,4-5,8-9H2. The quantitative estimate of drug-likeness (QED) is 0.557. The molecular formula is C20H16ClNO. The van der Waals surface area contributed by atoms with Gasteiger partial charge in [-0.05, 0) is 37.0 Å². The average Bonchev–Trinajstić information content (AvgIpc) is 2.75. The lowest BCUT2D eigenvalue weighted by molar-refractivity contribution is 0.0982.